The van der Waals surface area contributed by atoms with Gasteiger partial charge in [-0.1, -0.05) is 28.1 Å². The van der Waals surface area contributed by atoms with Crippen molar-refractivity contribution >= 4 is 27.7 Å². The van der Waals surface area contributed by atoms with E-state index in [0.717, 1.165) is 0 Å². The second-order valence-electron chi connectivity index (χ2n) is 2.99. The Labute approximate surface area is 94.0 Å². The highest BCUT2D eigenvalue weighted by Crippen LogP contribution is 2.26. The number of carbonyl (C=O) groups is 2. The minimum atomic E-state index is -1.53. The molecule has 1 aromatic rings. The molecular formula is C10H8BrFO3. The zero-order valence-corrected chi connectivity index (χ0v) is 9.42. The fourth-order valence-electron chi connectivity index (χ4n) is 1.11. The van der Waals surface area contributed by atoms with Gasteiger partial charge in [-0.05, 0) is 18.6 Å². The molecule has 1 rings (SSSR count). The first-order valence-corrected chi connectivity index (χ1v) is 4.94. The van der Waals surface area contributed by atoms with E-state index in [1.54, 1.807) is 0 Å². The molecule has 5 heteroatoms. The second-order valence-corrected chi connectivity index (χ2v) is 3.84. The van der Waals surface area contributed by atoms with E-state index in [9.17, 15) is 14.0 Å². The van der Waals surface area contributed by atoms with Gasteiger partial charge in [-0.15, -0.1) is 0 Å². The fourth-order valence-corrected chi connectivity index (χ4v) is 1.81. The van der Waals surface area contributed by atoms with Crippen LogP contribution in [0.4, 0.5) is 4.39 Å². The third-order valence-electron chi connectivity index (χ3n) is 1.89. The average molecular weight is 275 g/mol. The normalized spacial score (nSPS) is 12.2. The van der Waals surface area contributed by atoms with E-state index in [1.165, 1.54) is 25.1 Å². The Bertz CT molecular complexity index is 415. The summed E-state index contributed by atoms with van der Waals surface area (Å²) < 4.78 is 13.3. The van der Waals surface area contributed by atoms with Gasteiger partial charge in [-0.2, -0.15) is 0 Å². The lowest BCUT2D eigenvalue weighted by Crippen LogP contribution is -2.12. The van der Waals surface area contributed by atoms with Crippen LogP contribution in [0.3, 0.4) is 0 Å². The van der Waals surface area contributed by atoms with Crippen LogP contribution in [0.15, 0.2) is 22.7 Å². The van der Waals surface area contributed by atoms with Crippen molar-refractivity contribution in [1.82, 2.24) is 0 Å². The Morgan fingerprint density at radius 2 is 2.07 bits per heavy atom. The summed E-state index contributed by atoms with van der Waals surface area (Å²) in [4.78, 5) is 21.5. The van der Waals surface area contributed by atoms with Gasteiger partial charge in [0.1, 0.15) is 6.17 Å². The smallest absolute Gasteiger partial charge is 0.377 e. The number of Topliss-reactive ketones (excluding diaryl/α,β-unsaturated/α-hetero) is 1. The van der Waals surface area contributed by atoms with Crippen molar-refractivity contribution in [3.05, 3.63) is 33.8 Å². The van der Waals surface area contributed by atoms with Gasteiger partial charge in [0.15, 0.2) is 0 Å². The van der Waals surface area contributed by atoms with Gasteiger partial charge in [0.05, 0.1) is 0 Å². The molecule has 1 aromatic carbocycles. The molecule has 1 atom stereocenters. The summed E-state index contributed by atoms with van der Waals surface area (Å²) in [5.74, 6) is -2.53. The minimum Gasteiger partial charge on any atom is -0.475 e. The SMILES string of the molecule is CC(F)c1ccc(C(=O)C(=O)O)cc1Br. The molecule has 0 aromatic heterocycles. The average Bonchev–Trinajstić information content (AvgIpc) is 2.15. The van der Waals surface area contributed by atoms with Gasteiger partial charge in [-0.3, -0.25) is 4.79 Å². The molecule has 0 spiro atoms. The summed E-state index contributed by atoms with van der Waals surface area (Å²) in [5.41, 5.74) is 0.413. The quantitative estimate of drug-likeness (QED) is 0.681. The number of carboxylic acid groups (broad SMARTS) is 1. The number of hydrogen-bond donors (Lipinski definition) is 1. The lowest BCUT2D eigenvalue weighted by Gasteiger charge is -2.06. The predicted octanol–water partition coefficient (Wildman–Crippen LogP) is 2.75. The van der Waals surface area contributed by atoms with Gasteiger partial charge in [0.25, 0.3) is 5.78 Å². The summed E-state index contributed by atoms with van der Waals surface area (Å²) in [6.45, 7) is 1.36. The van der Waals surface area contributed by atoms with Crippen molar-refractivity contribution in [3.63, 3.8) is 0 Å². The summed E-state index contributed by atoms with van der Waals surface area (Å²) >= 11 is 3.08. The molecule has 3 nitrogen and oxygen atoms in total. The molecule has 0 aliphatic carbocycles. The molecule has 0 heterocycles. The molecule has 0 aliphatic rings. The Morgan fingerprint density at radius 3 is 2.47 bits per heavy atom. The Balaban J connectivity index is 3.12. The topological polar surface area (TPSA) is 54.4 Å². The highest BCUT2D eigenvalue weighted by molar-refractivity contribution is 9.10. The third kappa shape index (κ3) is 2.62. The first kappa shape index (κ1) is 11.8. The first-order chi connectivity index (χ1) is 6.93. The standard InChI is InChI=1S/C10H8BrFO3/c1-5(12)7-3-2-6(4-8(7)11)9(13)10(14)15/h2-5H,1H3,(H,14,15). The molecule has 0 bridgehead atoms. The number of aliphatic carboxylic acids is 1. The number of carbonyl (C=O) groups excluding carboxylic acids is 1. The van der Waals surface area contributed by atoms with Crippen molar-refractivity contribution < 1.29 is 19.1 Å². The Hall–Kier alpha value is -1.23. The maximum absolute atomic E-state index is 13.0. The van der Waals surface area contributed by atoms with Gasteiger partial charge in [-0.25, -0.2) is 9.18 Å². The predicted molar refractivity (Wildman–Crippen MR) is 55.6 cm³/mol. The third-order valence-corrected chi connectivity index (χ3v) is 2.57. The number of carboxylic acids is 1. The number of alkyl halides is 1. The summed E-state index contributed by atoms with van der Waals surface area (Å²) in [6, 6.07) is 4.00. The lowest BCUT2D eigenvalue weighted by molar-refractivity contribution is -0.131. The maximum atomic E-state index is 13.0. The molecular weight excluding hydrogens is 267 g/mol. The number of rotatable bonds is 3. The van der Waals surface area contributed by atoms with Crippen LogP contribution in [0.5, 0.6) is 0 Å². The zero-order valence-electron chi connectivity index (χ0n) is 7.83. The number of ketones is 1. The van der Waals surface area contributed by atoms with Crippen LogP contribution >= 0.6 is 15.9 Å². The van der Waals surface area contributed by atoms with Crippen LogP contribution in [0.1, 0.15) is 29.0 Å². The molecule has 0 aliphatic heterocycles. The van der Waals surface area contributed by atoms with Crippen LogP contribution in [0.25, 0.3) is 0 Å². The minimum absolute atomic E-state index is 0.0266. The van der Waals surface area contributed by atoms with E-state index >= 15 is 0 Å². The number of hydrogen-bond acceptors (Lipinski definition) is 2. The van der Waals surface area contributed by atoms with Crippen LogP contribution in [-0.2, 0) is 4.79 Å². The van der Waals surface area contributed by atoms with E-state index in [0.29, 0.717) is 10.0 Å². The molecule has 1 N–H and O–H groups in total. The van der Waals surface area contributed by atoms with Crippen molar-refractivity contribution in [2.24, 2.45) is 0 Å². The van der Waals surface area contributed by atoms with E-state index in [-0.39, 0.29) is 5.56 Å². The molecule has 0 saturated carbocycles. The first-order valence-electron chi connectivity index (χ1n) is 4.14. The molecule has 15 heavy (non-hydrogen) atoms. The molecule has 80 valence electrons. The molecule has 1 unspecified atom stereocenters. The van der Waals surface area contributed by atoms with Gasteiger partial charge in [0, 0.05) is 10.0 Å². The number of halogens is 2. The molecule has 0 saturated heterocycles. The summed E-state index contributed by atoms with van der Waals surface area (Å²) in [7, 11) is 0. The second kappa shape index (κ2) is 4.53. The molecule has 0 radical (unpaired) electrons. The van der Waals surface area contributed by atoms with Gasteiger partial charge < -0.3 is 5.11 Å². The Kier molecular flexibility index (Phi) is 3.57. The molecule has 0 fully saturated rings. The van der Waals surface area contributed by atoms with Crippen molar-refractivity contribution in [3.8, 4) is 0 Å². The zero-order chi connectivity index (χ0) is 11.6. The monoisotopic (exact) mass is 274 g/mol. The highest BCUT2D eigenvalue weighted by Gasteiger charge is 2.16. The van der Waals surface area contributed by atoms with E-state index in [4.69, 9.17) is 5.11 Å². The number of benzene rings is 1. The van der Waals surface area contributed by atoms with Gasteiger partial charge in [0.2, 0.25) is 0 Å². The maximum Gasteiger partial charge on any atom is 0.377 e. The van der Waals surface area contributed by atoms with Crippen LogP contribution in [0, 0.1) is 0 Å². The largest absolute Gasteiger partial charge is 0.475 e. The van der Waals surface area contributed by atoms with Crippen LogP contribution in [-0.4, -0.2) is 16.9 Å². The van der Waals surface area contributed by atoms with Crippen LogP contribution < -0.4 is 0 Å². The van der Waals surface area contributed by atoms with E-state index in [2.05, 4.69) is 15.9 Å². The fraction of sp³-hybridized carbons (Fsp3) is 0.200. The lowest BCUT2D eigenvalue weighted by atomic mass is 10.1. The van der Waals surface area contributed by atoms with Gasteiger partial charge >= 0.3 is 5.97 Å². The van der Waals surface area contributed by atoms with Crippen molar-refractivity contribution in [2.45, 2.75) is 13.1 Å². The van der Waals surface area contributed by atoms with Crippen LogP contribution in [0.2, 0.25) is 0 Å². The molecule has 0 amide bonds. The highest BCUT2D eigenvalue weighted by atomic mass is 79.9. The van der Waals surface area contributed by atoms with E-state index in [1.807, 2.05) is 0 Å². The van der Waals surface area contributed by atoms with Crippen molar-refractivity contribution in [2.75, 3.05) is 0 Å². The summed E-state index contributed by atoms with van der Waals surface area (Å²) in [5, 5.41) is 8.47. The summed E-state index contributed by atoms with van der Waals surface area (Å²) in [6.07, 6.45) is -1.17. The van der Waals surface area contributed by atoms with Crippen molar-refractivity contribution in [1.29, 1.82) is 0 Å². The van der Waals surface area contributed by atoms with E-state index < -0.39 is 17.9 Å². The Morgan fingerprint density at radius 1 is 1.47 bits per heavy atom.